The van der Waals surface area contributed by atoms with Crippen molar-refractivity contribution < 1.29 is 19.1 Å². The van der Waals surface area contributed by atoms with Crippen molar-refractivity contribution in [1.29, 1.82) is 0 Å². The van der Waals surface area contributed by atoms with Gasteiger partial charge in [0.25, 0.3) is 0 Å². The maximum absolute atomic E-state index is 12.9. The number of thioether (sulfide) groups is 1. The normalized spacial score (nSPS) is 17.9. The minimum Gasteiger partial charge on any atom is -0.456 e. The van der Waals surface area contributed by atoms with Crippen molar-refractivity contribution in [3.05, 3.63) is 70.4 Å². The smallest absolute Gasteiger partial charge is 0.338 e. The van der Waals surface area contributed by atoms with Crippen LogP contribution in [-0.4, -0.2) is 42.2 Å². The van der Waals surface area contributed by atoms with E-state index in [1.165, 1.54) is 4.90 Å². The Morgan fingerprint density at radius 3 is 2.65 bits per heavy atom. The highest BCUT2D eigenvalue weighted by Gasteiger charge is 2.42. The fourth-order valence-corrected chi connectivity index (χ4v) is 4.15. The molecule has 1 atom stereocenters. The number of esters is 1. The van der Waals surface area contributed by atoms with E-state index in [4.69, 9.17) is 4.74 Å². The van der Waals surface area contributed by atoms with Gasteiger partial charge < -0.3 is 15.4 Å². The maximum atomic E-state index is 12.9. The van der Waals surface area contributed by atoms with Crippen LogP contribution in [0.2, 0.25) is 0 Å². The van der Waals surface area contributed by atoms with Gasteiger partial charge in [-0.15, -0.1) is 11.8 Å². The van der Waals surface area contributed by atoms with Crippen LogP contribution in [0.3, 0.4) is 0 Å². The first-order valence-corrected chi connectivity index (χ1v) is 11.1. The number of nitrogens with zero attached hydrogens (tertiary/aromatic N) is 1. The lowest BCUT2D eigenvalue weighted by molar-refractivity contribution is -0.136. The number of amides is 3. The van der Waals surface area contributed by atoms with Crippen molar-refractivity contribution in [3.8, 4) is 0 Å². The highest BCUT2D eigenvalue weighted by atomic mass is 32.2. The number of ether oxygens (including phenoxy) is 1. The third-order valence-electron chi connectivity index (χ3n) is 5.63. The average molecular weight is 438 g/mol. The van der Waals surface area contributed by atoms with Gasteiger partial charge in [0, 0.05) is 10.6 Å². The quantitative estimate of drug-likeness (QED) is 0.552. The van der Waals surface area contributed by atoms with Crippen LogP contribution >= 0.6 is 11.8 Å². The zero-order valence-corrected chi connectivity index (χ0v) is 18.3. The molecule has 31 heavy (non-hydrogen) atoms. The van der Waals surface area contributed by atoms with E-state index in [1.54, 1.807) is 11.8 Å². The zero-order chi connectivity index (χ0) is 22.1. The first-order chi connectivity index (χ1) is 14.9. The molecule has 2 aromatic carbocycles. The van der Waals surface area contributed by atoms with Crippen molar-refractivity contribution in [1.82, 2.24) is 10.2 Å². The molecule has 0 bridgehead atoms. The molecule has 0 radical (unpaired) electrons. The van der Waals surface area contributed by atoms with E-state index in [0.29, 0.717) is 17.0 Å². The fourth-order valence-electron chi connectivity index (χ4n) is 3.74. The number of hydrogen-bond donors (Lipinski definition) is 2. The molecule has 2 N–H and O–H groups in total. The Morgan fingerprint density at radius 1 is 1.19 bits per heavy atom. The second kappa shape index (κ2) is 8.47. The Bertz CT molecular complexity index is 1090. The molecule has 0 spiro atoms. The number of nitrogens with one attached hydrogen (secondary N) is 2. The molecule has 0 aliphatic carbocycles. The Labute approximate surface area is 184 Å². The van der Waals surface area contributed by atoms with Crippen molar-refractivity contribution >= 4 is 35.4 Å². The molecular formula is C23H23N3O4S. The summed E-state index contributed by atoms with van der Waals surface area (Å²) < 4.78 is 5.23. The molecule has 2 aliphatic rings. The molecule has 0 saturated heterocycles. The molecule has 3 amide bonds. The first kappa shape index (κ1) is 21.0. The van der Waals surface area contributed by atoms with Gasteiger partial charge >= 0.3 is 12.0 Å². The molecule has 0 fully saturated rings. The second-order valence-electron chi connectivity index (χ2n) is 7.47. The summed E-state index contributed by atoms with van der Waals surface area (Å²) in [5, 5.41) is 5.71. The summed E-state index contributed by atoms with van der Waals surface area (Å²) in [5.74, 6) is -0.827. The van der Waals surface area contributed by atoms with Crippen LogP contribution in [0.25, 0.3) is 0 Å². The van der Waals surface area contributed by atoms with Crippen LogP contribution in [-0.2, 0) is 14.3 Å². The third kappa shape index (κ3) is 4.03. The summed E-state index contributed by atoms with van der Waals surface area (Å²) in [7, 11) is 0. The van der Waals surface area contributed by atoms with Crippen LogP contribution in [0, 0.1) is 13.8 Å². The SMILES string of the molecule is CSc1ccc([C@@H]2NC(=O)N(CC(=O)Nc3cccc(C)c3C)C3=C2C(=O)OC3)cc1. The average Bonchev–Trinajstić information content (AvgIpc) is 3.15. The number of cyclic esters (lactones) is 1. The number of urea groups is 1. The molecule has 7 nitrogen and oxygen atoms in total. The Hall–Kier alpha value is -3.26. The molecule has 4 rings (SSSR count). The molecule has 8 heteroatoms. The Kier molecular flexibility index (Phi) is 5.73. The number of carbonyl (C=O) groups excluding carboxylic acids is 3. The lowest BCUT2D eigenvalue weighted by atomic mass is 9.96. The highest BCUT2D eigenvalue weighted by Crippen LogP contribution is 2.35. The van der Waals surface area contributed by atoms with E-state index in [-0.39, 0.29) is 19.1 Å². The van der Waals surface area contributed by atoms with Gasteiger partial charge in [-0.1, -0.05) is 24.3 Å². The van der Waals surface area contributed by atoms with Gasteiger partial charge in [-0.25, -0.2) is 9.59 Å². The van der Waals surface area contributed by atoms with Gasteiger partial charge in [-0.2, -0.15) is 0 Å². The van der Waals surface area contributed by atoms with Gasteiger partial charge in [-0.05, 0) is 55.0 Å². The Morgan fingerprint density at radius 2 is 1.94 bits per heavy atom. The predicted molar refractivity (Wildman–Crippen MR) is 119 cm³/mol. The van der Waals surface area contributed by atoms with Gasteiger partial charge in [0.15, 0.2) is 0 Å². The molecule has 0 aromatic heterocycles. The molecule has 2 aliphatic heterocycles. The van der Waals surface area contributed by atoms with Crippen LogP contribution in [0.4, 0.5) is 10.5 Å². The van der Waals surface area contributed by atoms with Crippen molar-refractivity contribution in [3.63, 3.8) is 0 Å². The van der Waals surface area contributed by atoms with Crippen molar-refractivity contribution in [2.45, 2.75) is 24.8 Å². The van der Waals surface area contributed by atoms with E-state index < -0.39 is 18.0 Å². The number of aryl methyl sites for hydroxylation is 1. The zero-order valence-electron chi connectivity index (χ0n) is 17.5. The van der Waals surface area contributed by atoms with Crippen molar-refractivity contribution in [2.24, 2.45) is 0 Å². The highest BCUT2D eigenvalue weighted by molar-refractivity contribution is 7.98. The topological polar surface area (TPSA) is 87.7 Å². The van der Waals surface area contributed by atoms with Crippen LogP contribution < -0.4 is 10.6 Å². The molecule has 0 unspecified atom stereocenters. The summed E-state index contributed by atoms with van der Waals surface area (Å²) in [4.78, 5) is 40.4. The van der Waals surface area contributed by atoms with E-state index in [0.717, 1.165) is 21.6 Å². The summed E-state index contributed by atoms with van der Waals surface area (Å²) >= 11 is 1.61. The van der Waals surface area contributed by atoms with Crippen LogP contribution in [0.1, 0.15) is 22.7 Å². The number of carbonyl (C=O) groups is 3. The van der Waals surface area contributed by atoms with E-state index >= 15 is 0 Å². The van der Waals surface area contributed by atoms with Gasteiger partial charge in [0.1, 0.15) is 13.2 Å². The molecule has 2 heterocycles. The predicted octanol–water partition coefficient (Wildman–Crippen LogP) is 3.54. The monoisotopic (exact) mass is 437 g/mol. The van der Waals surface area contributed by atoms with Crippen LogP contribution in [0.5, 0.6) is 0 Å². The Balaban J connectivity index is 1.59. The summed E-state index contributed by atoms with van der Waals surface area (Å²) in [5.41, 5.74) is 4.31. The largest absolute Gasteiger partial charge is 0.456 e. The van der Waals surface area contributed by atoms with E-state index in [9.17, 15) is 14.4 Å². The van der Waals surface area contributed by atoms with Gasteiger partial charge in [0.2, 0.25) is 5.91 Å². The summed E-state index contributed by atoms with van der Waals surface area (Å²) in [6, 6.07) is 12.3. The van der Waals surface area contributed by atoms with E-state index in [2.05, 4.69) is 10.6 Å². The number of anilines is 1. The lowest BCUT2D eigenvalue weighted by Gasteiger charge is -2.32. The van der Waals surface area contributed by atoms with E-state index in [1.807, 2.05) is 62.6 Å². The minimum absolute atomic E-state index is 0.0300. The standard InChI is InChI=1S/C23H23N3O4S/c1-13-5-4-6-17(14(13)2)24-19(27)11-26-18-12-30-22(28)20(18)21(25-23(26)29)15-7-9-16(31-3)10-8-15/h4-10,21H,11-12H2,1-3H3,(H,24,27)(H,25,29)/t21-/m0/s1. The first-order valence-electron chi connectivity index (χ1n) is 9.87. The van der Waals surface area contributed by atoms with Gasteiger partial charge in [-0.3, -0.25) is 9.69 Å². The molecule has 160 valence electrons. The summed E-state index contributed by atoms with van der Waals surface area (Å²) in [6.45, 7) is 3.65. The maximum Gasteiger partial charge on any atom is 0.338 e. The van der Waals surface area contributed by atoms with Crippen LogP contribution in [0.15, 0.2) is 58.6 Å². The molecular weight excluding hydrogens is 414 g/mol. The third-order valence-corrected chi connectivity index (χ3v) is 6.37. The number of rotatable bonds is 5. The lowest BCUT2D eigenvalue weighted by Crippen LogP contribution is -2.49. The second-order valence-corrected chi connectivity index (χ2v) is 8.35. The minimum atomic E-state index is -0.605. The van der Waals surface area contributed by atoms with Crippen molar-refractivity contribution in [2.75, 3.05) is 24.7 Å². The number of hydrogen-bond acceptors (Lipinski definition) is 5. The molecule has 0 saturated carbocycles. The fraction of sp³-hybridized carbons (Fsp3) is 0.261. The number of benzene rings is 2. The molecule has 2 aromatic rings. The summed E-state index contributed by atoms with van der Waals surface area (Å²) in [6.07, 6.45) is 1.98. The van der Waals surface area contributed by atoms with Gasteiger partial charge in [0.05, 0.1) is 17.3 Å².